The molecule has 1 aromatic rings. The Morgan fingerprint density at radius 1 is 1.44 bits per heavy atom. The number of carbonyl (C=O) groups excluding carboxylic acids is 1. The van der Waals surface area contributed by atoms with Gasteiger partial charge in [-0.25, -0.2) is 0 Å². The van der Waals surface area contributed by atoms with Gasteiger partial charge in [0.25, 0.3) is 5.91 Å². The van der Waals surface area contributed by atoms with Crippen LogP contribution in [0, 0.1) is 0 Å². The van der Waals surface area contributed by atoms with Gasteiger partial charge in [-0.3, -0.25) is 4.79 Å². The third kappa shape index (κ3) is 2.02. The van der Waals surface area contributed by atoms with Crippen LogP contribution >= 0.6 is 11.6 Å². The van der Waals surface area contributed by atoms with Crippen LogP contribution in [0.25, 0.3) is 0 Å². The highest BCUT2D eigenvalue weighted by Crippen LogP contribution is 2.32. The number of carbonyl (C=O) groups is 1. The van der Waals surface area contributed by atoms with Crippen molar-refractivity contribution in [1.29, 1.82) is 0 Å². The van der Waals surface area contributed by atoms with Crippen LogP contribution in [-0.2, 0) is 0 Å². The van der Waals surface area contributed by atoms with Gasteiger partial charge >= 0.3 is 0 Å². The van der Waals surface area contributed by atoms with E-state index in [2.05, 4.69) is 4.90 Å². The summed E-state index contributed by atoms with van der Waals surface area (Å²) in [5, 5.41) is 0.520. The van der Waals surface area contributed by atoms with Crippen molar-refractivity contribution in [2.45, 2.75) is 12.8 Å². The molecule has 1 aliphatic rings. The fourth-order valence-electron chi connectivity index (χ4n) is 1.82. The topological polar surface area (TPSA) is 36.7 Å². The molecule has 1 aliphatic heterocycles. The van der Waals surface area contributed by atoms with Crippen molar-refractivity contribution in [3.8, 4) is 0 Å². The van der Waals surface area contributed by atoms with Gasteiger partial charge in [0, 0.05) is 33.3 Å². The standard InChI is InChI=1S/C11H15ClN2O2/c1-13(2)10(15)9-7-8(12)11(16-9)14-5-3-4-6-14/h7H,3-6H2,1-2H3. The van der Waals surface area contributed by atoms with E-state index in [9.17, 15) is 4.79 Å². The van der Waals surface area contributed by atoms with Crippen LogP contribution < -0.4 is 4.90 Å². The normalized spacial score (nSPS) is 15.6. The number of halogens is 1. The van der Waals surface area contributed by atoms with Gasteiger partial charge in [-0.1, -0.05) is 11.6 Å². The van der Waals surface area contributed by atoms with Crippen LogP contribution in [-0.4, -0.2) is 38.0 Å². The van der Waals surface area contributed by atoms with Crippen LogP contribution in [0.5, 0.6) is 0 Å². The molecule has 0 aliphatic carbocycles. The Labute approximate surface area is 99.8 Å². The van der Waals surface area contributed by atoms with Crippen molar-refractivity contribution in [2.24, 2.45) is 0 Å². The molecule has 1 aromatic heterocycles. The average Bonchev–Trinajstić information content (AvgIpc) is 2.84. The van der Waals surface area contributed by atoms with Gasteiger partial charge in [0.05, 0.1) is 0 Å². The zero-order valence-corrected chi connectivity index (χ0v) is 10.3. The molecule has 2 heterocycles. The number of amides is 1. The summed E-state index contributed by atoms with van der Waals surface area (Å²) in [7, 11) is 3.38. The van der Waals surface area contributed by atoms with E-state index in [1.165, 1.54) is 4.90 Å². The predicted molar refractivity (Wildman–Crippen MR) is 63.2 cm³/mol. The van der Waals surface area contributed by atoms with Crippen LogP contribution in [0.2, 0.25) is 5.02 Å². The second-order valence-corrected chi connectivity index (χ2v) is 4.56. The molecule has 16 heavy (non-hydrogen) atoms. The van der Waals surface area contributed by atoms with E-state index >= 15 is 0 Å². The molecule has 5 heteroatoms. The second kappa shape index (κ2) is 4.37. The first kappa shape index (κ1) is 11.3. The van der Waals surface area contributed by atoms with Crippen LogP contribution in [0.1, 0.15) is 23.4 Å². The van der Waals surface area contributed by atoms with E-state index in [4.69, 9.17) is 16.0 Å². The molecular formula is C11H15ClN2O2. The van der Waals surface area contributed by atoms with Crippen molar-refractivity contribution >= 4 is 23.4 Å². The Balaban J connectivity index is 2.24. The predicted octanol–water partition coefficient (Wildman–Crippen LogP) is 2.24. The van der Waals surface area contributed by atoms with Gasteiger partial charge in [0.2, 0.25) is 5.88 Å². The Morgan fingerprint density at radius 2 is 2.06 bits per heavy atom. The minimum Gasteiger partial charge on any atom is -0.434 e. The largest absolute Gasteiger partial charge is 0.434 e. The number of hydrogen-bond donors (Lipinski definition) is 0. The molecule has 0 saturated carbocycles. The lowest BCUT2D eigenvalue weighted by Gasteiger charge is -2.14. The second-order valence-electron chi connectivity index (χ2n) is 4.16. The molecule has 0 spiro atoms. The summed E-state index contributed by atoms with van der Waals surface area (Å²) >= 11 is 6.07. The van der Waals surface area contributed by atoms with E-state index in [0.717, 1.165) is 25.9 Å². The summed E-state index contributed by atoms with van der Waals surface area (Å²) in [6, 6.07) is 1.59. The fourth-order valence-corrected chi connectivity index (χ4v) is 2.08. The van der Waals surface area contributed by atoms with Crippen molar-refractivity contribution in [1.82, 2.24) is 4.90 Å². The summed E-state index contributed by atoms with van der Waals surface area (Å²) < 4.78 is 5.52. The molecular weight excluding hydrogens is 228 g/mol. The minimum atomic E-state index is -0.160. The Morgan fingerprint density at radius 3 is 2.62 bits per heavy atom. The monoisotopic (exact) mass is 242 g/mol. The molecule has 0 atom stereocenters. The number of anilines is 1. The lowest BCUT2D eigenvalue weighted by molar-refractivity contribution is 0.0797. The minimum absolute atomic E-state index is 0.160. The smallest absolute Gasteiger partial charge is 0.289 e. The van der Waals surface area contributed by atoms with Crippen LogP contribution in [0.15, 0.2) is 10.5 Å². The highest BCUT2D eigenvalue weighted by Gasteiger charge is 2.23. The highest BCUT2D eigenvalue weighted by atomic mass is 35.5. The molecule has 0 aromatic carbocycles. The molecule has 0 unspecified atom stereocenters. The number of hydrogen-bond acceptors (Lipinski definition) is 3. The molecule has 88 valence electrons. The lowest BCUT2D eigenvalue weighted by Crippen LogP contribution is -2.21. The SMILES string of the molecule is CN(C)C(=O)c1cc(Cl)c(N2CCCC2)o1. The quantitative estimate of drug-likeness (QED) is 0.798. The molecule has 1 fully saturated rings. The first-order chi connectivity index (χ1) is 7.59. The third-order valence-electron chi connectivity index (χ3n) is 2.68. The Hall–Kier alpha value is -1.16. The third-order valence-corrected chi connectivity index (χ3v) is 2.95. The van der Waals surface area contributed by atoms with Crippen LogP contribution in [0.3, 0.4) is 0 Å². The number of rotatable bonds is 2. The van der Waals surface area contributed by atoms with Gasteiger partial charge in [0.15, 0.2) is 5.76 Å². The highest BCUT2D eigenvalue weighted by molar-refractivity contribution is 6.33. The van der Waals surface area contributed by atoms with E-state index in [-0.39, 0.29) is 5.91 Å². The average molecular weight is 243 g/mol. The maximum Gasteiger partial charge on any atom is 0.289 e. The zero-order valence-electron chi connectivity index (χ0n) is 9.49. The van der Waals surface area contributed by atoms with Crippen molar-refractivity contribution in [3.63, 3.8) is 0 Å². The van der Waals surface area contributed by atoms with E-state index in [1.54, 1.807) is 20.2 Å². The Kier molecular flexibility index (Phi) is 3.10. The van der Waals surface area contributed by atoms with Crippen molar-refractivity contribution in [3.05, 3.63) is 16.8 Å². The van der Waals surface area contributed by atoms with Gasteiger partial charge < -0.3 is 14.2 Å². The van der Waals surface area contributed by atoms with E-state index < -0.39 is 0 Å². The van der Waals surface area contributed by atoms with Gasteiger partial charge in [-0.05, 0) is 12.8 Å². The maximum absolute atomic E-state index is 11.7. The fraction of sp³-hybridized carbons (Fsp3) is 0.545. The molecule has 1 saturated heterocycles. The molecule has 1 amide bonds. The summed E-state index contributed by atoms with van der Waals surface area (Å²) in [6.07, 6.45) is 2.29. The summed E-state index contributed by atoms with van der Waals surface area (Å²) in [5.41, 5.74) is 0. The van der Waals surface area contributed by atoms with E-state index in [1.807, 2.05) is 0 Å². The molecule has 2 rings (SSSR count). The van der Waals surface area contributed by atoms with Gasteiger partial charge in [0.1, 0.15) is 5.02 Å². The van der Waals surface area contributed by atoms with Crippen molar-refractivity contribution < 1.29 is 9.21 Å². The summed E-state index contributed by atoms with van der Waals surface area (Å²) in [5.74, 6) is 0.772. The number of nitrogens with zero attached hydrogens (tertiary/aromatic N) is 2. The summed E-state index contributed by atoms with van der Waals surface area (Å²) in [4.78, 5) is 15.2. The van der Waals surface area contributed by atoms with Gasteiger partial charge in [-0.15, -0.1) is 0 Å². The Bertz CT molecular complexity index is 395. The van der Waals surface area contributed by atoms with E-state index in [0.29, 0.717) is 16.7 Å². The first-order valence-electron chi connectivity index (χ1n) is 5.35. The maximum atomic E-state index is 11.7. The molecule has 0 radical (unpaired) electrons. The molecule has 0 N–H and O–H groups in total. The zero-order chi connectivity index (χ0) is 11.7. The van der Waals surface area contributed by atoms with Gasteiger partial charge in [-0.2, -0.15) is 0 Å². The first-order valence-corrected chi connectivity index (χ1v) is 5.73. The lowest BCUT2D eigenvalue weighted by atomic mass is 10.4. The summed E-state index contributed by atoms with van der Waals surface area (Å²) in [6.45, 7) is 1.89. The van der Waals surface area contributed by atoms with Crippen LogP contribution in [0.4, 0.5) is 5.88 Å². The molecule has 0 bridgehead atoms. The van der Waals surface area contributed by atoms with Crippen molar-refractivity contribution in [2.75, 3.05) is 32.1 Å². The molecule has 4 nitrogen and oxygen atoms in total. The number of furan rings is 1.